The Morgan fingerprint density at radius 1 is 0.857 bits per heavy atom. The molecule has 0 bridgehead atoms. The first-order chi connectivity index (χ1) is 10.0. The van der Waals surface area contributed by atoms with E-state index in [9.17, 15) is 8.78 Å². The first-order valence-electron chi connectivity index (χ1n) is 6.86. The lowest BCUT2D eigenvalue weighted by atomic mass is 10.0. The van der Waals surface area contributed by atoms with E-state index < -0.39 is 11.6 Å². The van der Waals surface area contributed by atoms with Crippen LogP contribution in [0.1, 0.15) is 37.1 Å². The van der Waals surface area contributed by atoms with Gasteiger partial charge >= 0.3 is 0 Å². The Balaban J connectivity index is 2.06. The van der Waals surface area contributed by atoms with Gasteiger partial charge < -0.3 is 10.1 Å². The number of ether oxygens (including phenoxy) is 1. The van der Waals surface area contributed by atoms with Crippen molar-refractivity contribution in [2.45, 2.75) is 25.9 Å². The second-order valence-corrected chi connectivity index (χ2v) is 5.06. The highest BCUT2D eigenvalue weighted by Gasteiger charge is 2.13. The summed E-state index contributed by atoms with van der Waals surface area (Å²) >= 11 is 0. The summed E-state index contributed by atoms with van der Waals surface area (Å²) in [6.07, 6.45) is 0. The van der Waals surface area contributed by atoms with Crippen LogP contribution in [0.3, 0.4) is 0 Å². The van der Waals surface area contributed by atoms with E-state index in [4.69, 9.17) is 4.74 Å². The number of benzene rings is 2. The molecule has 2 aromatic carbocycles. The van der Waals surface area contributed by atoms with Gasteiger partial charge in [-0.25, -0.2) is 8.78 Å². The second kappa shape index (κ2) is 6.68. The van der Waals surface area contributed by atoms with Gasteiger partial charge in [0, 0.05) is 12.1 Å². The zero-order valence-corrected chi connectivity index (χ0v) is 12.4. The van der Waals surface area contributed by atoms with Crippen molar-refractivity contribution in [3.8, 4) is 5.75 Å². The molecule has 1 N–H and O–H groups in total. The van der Waals surface area contributed by atoms with Crippen LogP contribution in [0.4, 0.5) is 8.78 Å². The molecule has 0 fully saturated rings. The van der Waals surface area contributed by atoms with Gasteiger partial charge in [-0.15, -0.1) is 0 Å². The van der Waals surface area contributed by atoms with Gasteiger partial charge in [-0.05, 0) is 49.2 Å². The first kappa shape index (κ1) is 15.4. The standard InChI is InChI=1S/C17H19F2NO/c1-11(13-4-7-15(21-3)8-5-13)20-12(2)14-6-9-16(18)17(19)10-14/h4-12,20H,1-3H3/t11-,12?/m0/s1. The Morgan fingerprint density at radius 3 is 2.00 bits per heavy atom. The number of rotatable bonds is 5. The van der Waals surface area contributed by atoms with E-state index in [0.29, 0.717) is 5.56 Å². The molecule has 0 aliphatic carbocycles. The zero-order valence-electron chi connectivity index (χ0n) is 12.4. The summed E-state index contributed by atoms with van der Waals surface area (Å²) in [5, 5.41) is 3.37. The average molecular weight is 291 g/mol. The van der Waals surface area contributed by atoms with Gasteiger partial charge in [0.2, 0.25) is 0 Å². The summed E-state index contributed by atoms with van der Waals surface area (Å²) in [4.78, 5) is 0. The van der Waals surface area contributed by atoms with Gasteiger partial charge in [-0.3, -0.25) is 0 Å². The minimum Gasteiger partial charge on any atom is -0.497 e. The summed E-state index contributed by atoms with van der Waals surface area (Å²) in [6.45, 7) is 3.95. The second-order valence-electron chi connectivity index (χ2n) is 5.06. The van der Waals surface area contributed by atoms with E-state index in [1.807, 2.05) is 38.1 Å². The smallest absolute Gasteiger partial charge is 0.159 e. The lowest BCUT2D eigenvalue weighted by Gasteiger charge is -2.21. The summed E-state index contributed by atoms with van der Waals surface area (Å²) in [6, 6.07) is 11.7. The molecule has 0 spiro atoms. The van der Waals surface area contributed by atoms with Crippen LogP contribution in [-0.4, -0.2) is 7.11 Å². The fraction of sp³-hybridized carbons (Fsp3) is 0.294. The van der Waals surface area contributed by atoms with Crippen LogP contribution >= 0.6 is 0 Å². The van der Waals surface area contributed by atoms with E-state index in [-0.39, 0.29) is 12.1 Å². The maximum absolute atomic E-state index is 13.3. The Labute approximate surface area is 123 Å². The molecule has 0 aliphatic heterocycles. The van der Waals surface area contributed by atoms with Gasteiger partial charge in [0.05, 0.1) is 7.11 Å². The highest BCUT2D eigenvalue weighted by atomic mass is 19.2. The molecule has 112 valence electrons. The molecule has 2 atom stereocenters. The van der Waals surface area contributed by atoms with Crippen LogP contribution < -0.4 is 10.1 Å². The summed E-state index contributed by atoms with van der Waals surface area (Å²) < 4.78 is 31.3. The third-order valence-corrected chi connectivity index (χ3v) is 3.56. The number of halogens is 2. The predicted molar refractivity (Wildman–Crippen MR) is 79.3 cm³/mol. The largest absolute Gasteiger partial charge is 0.497 e. The fourth-order valence-electron chi connectivity index (χ4n) is 2.24. The molecule has 0 radical (unpaired) electrons. The van der Waals surface area contributed by atoms with Gasteiger partial charge in [0.1, 0.15) is 5.75 Å². The van der Waals surface area contributed by atoms with E-state index in [0.717, 1.165) is 17.4 Å². The molecule has 2 nitrogen and oxygen atoms in total. The molecule has 0 heterocycles. The van der Waals surface area contributed by atoms with Crippen molar-refractivity contribution in [3.63, 3.8) is 0 Å². The highest BCUT2D eigenvalue weighted by Crippen LogP contribution is 2.22. The van der Waals surface area contributed by atoms with Crippen molar-refractivity contribution in [1.82, 2.24) is 5.32 Å². The summed E-state index contributed by atoms with van der Waals surface area (Å²) in [5.74, 6) is -0.841. The Morgan fingerprint density at radius 2 is 1.43 bits per heavy atom. The molecule has 2 aromatic rings. The van der Waals surface area contributed by atoms with E-state index in [2.05, 4.69) is 5.32 Å². The van der Waals surface area contributed by atoms with Crippen LogP contribution in [0, 0.1) is 11.6 Å². The molecule has 21 heavy (non-hydrogen) atoms. The van der Waals surface area contributed by atoms with E-state index in [1.54, 1.807) is 13.2 Å². The lowest BCUT2D eigenvalue weighted by molar-refractivity contribution is 0.414. The van der Waals surface area contributed by atoms with Crippen molar-refractivity contribution in [3.05, 3.63) is 65.2 Å². The number of methoxy groups -OCH3 is 1. The van der Waals surface area contributed by atoms with Crippen molar-refractivity contribution in [2.75, 3.05) is 7.11 Å². The quantitative estimate of drug-likeness (QED) is 0.882. The van der Waals surface area contributed by atoms with Crippen molar-refractivity contribution >= 4 is 0 Å². The number of hydrogen-bond acceptors (Lipinski definition) is 2. The Kier molecular flexibility index (Phi) is 4.91. The third kappa shape index (κ3) is 3.79. The summed E-state index contributed by atoms with van der Waals surface area (Å²) in [5.41, 5.74) is 1.82. The molecule has 0 aromatic heterocycles. The van der Waals surface area contributed by atoms with Crippen molar-refractivity contribution in [1.29, 1.82) is 0 Å². The van der Waals surface area contributed by atoms with Crippen LogP contribution in [0.15, 0.2) is 42.5 Å². The lowest BCUT2D eigenvalue weighted by Crippen LogP contribution is -2.22. The van der Waals surface area contributed by atoms with Crippen molar-refractivity contribution in [2.24, 2.45) is 0 Å². The molecular weight excluding hydrogens is 272 g/mol. The Hall–Kier alpha value is -1.94. The third-order valence-electron chi connectivity index (χ3n) is 3.56. The van der Waals surface area contributed by atoms with Crippen LogP contribution in [0.2, 0.25) is 0 Å². The van der Waals surface area contributed by atoms with E-state index in [1.165, 1.54) is 6.07 Å². The average Bonchev–Trinajstić information content (AvgIpc) is 2.50. The molecule has 1 unspecified atom stereocenters. The maximum atomic E-state index is 13.3. The molecule has 0 saturated heterocycles. The molecular formula is C17H19F2NO. The zero-order chi connectivity index (χ0) is 15.4. The number of hydrogen-bond donors (Lipinski definition) is 1. The highest BCUT2D eigenvalue weighted by molar-refractivity contribution is 5.29. The number of nitrogens with one attached hydrogen (secondary N) is 1. The fourth-order valence-corrected chi connectivity index (χ4v) is 2.24. The molecule has 4 heteroatoms. The van der Waals surface area contributed by atoms with Gasteiger partial charge in [0.15, 0.2) is 11.6 Å². The normalized spacial score (nSPS) is 13.8. The van der Waals surface area contributed by atoms with Crippen LogP contribution in [-0.2, 0) is 0 Å². The van der Waals surface area contributed by atoms with Gasteiger partial charge in [-0.2, -0.15) is 0 Å². The van der Waals surface area contributed by atoms with E-state index >= 15 is 0 Å². The van der Waals surface area contributed by atoms with Crippen LogP contribution in [0.25, 0.3) is 0 Å². The van der Waals surface area contributed by atoms with Crippen LogP contribution in [0.5, 0.6) is 5.75 Å². The minimum atomic E-state index is -0.825. The summed E-state index contributed by atoms with van der Waals surface area (Å²) in [7, 11) is 1.63. The predicted octanol–water partition coefficient (Wildman–Crippen LogP) is 4.39. The van der Waals surface area contributed by atoms with Gasteiger partial charge in [-0.1, -0.05) is 18.2 Å². The minimum absolute atomic E-state index is 0.0824. The molecule has 2 rings (SSSR count). The molecule has 0 saturated carbocycles. The Bertz CT molecular complexity index is 598. The topological polar surface area (TPSA) is 21.3 Å². The van der Waals surface area contributed by atoms with Gasteiger partial charge in [0.25, 0.3) is 0 Å². The monoisotopic (exact) mass is 291 g/mol. The first-order valence-corrected chi connectivity index (χ1v) is 6.86. The molecule has 0 aliphatic rings. The SMILES string of the molecule is COc1ccc([C@H](C)NC(C)c2ccc(F)c(F)c2)cc1. The molecule has 0 amide bonds. The van der Waals surface area contributed by atoms with Crippen molar-refractivity contribution < 1.29 is 13.5 Å². The maximum Gasteiger partial charge on any atom is 0.159 e.